The van der Waals surface area contributed by atoms with Crippen LogP contribution in [0.4, 0.5) is 11.4 Å². The van der Waals surface area contributed by atoms with Gasteiger partial charge in [-0.2, -0.15) is 10.2 Å². The van der Waals surface area contributed by atoms with Crippen LogP contribution in [0.1, 0.15) is 21.0 Å². The van der Waals surface area contributed by atoms with Crippen molar-refractivity contribution in [1.29, 1.82) is 0 Å². The number of carbonyl (C=O) groups is 2. The van der Waals surface area contributed by atoms with Crippen molar-refractivity contribution in [1.82, 2.24) is 49.7 Å². The number of aliphatic hydroxyl groups is 2. The van der Waals surface area contributed by atoms with E-state index >= 15 is 0 Å². The van der Waals surface area contributed by atoms with E-state index in [4.69, 9.17) is 21.7 Å². The van der Waals surface area contributed by atoms with E-state index in [9.17, 15) is 14.7 Å². The number of hydrogen-bond donors (Lipinski definition) is 6. The van der Waals surface area contributed by atoms with Crippen molar-refractivity contribution in [3.63, 3.8) is 0 Å². The molecule has 17 nitrogen and oxygen atoms in total. The number of nitrogen functional groups attached to an aromatic ring is 2. The molecule has 2 fully saturated rings. The Morgan fingerprint density at radius 1 is 0.610 bits per heavy atom. The van der Waals surface area contributed by atoms with Gasteiger partial charge in [0.2, 0.25) is 0 Å². The number of carbonyl (C=O) groups excluding carboxylic acids is 1. The highest BCUT2D eigenvalue weighted by atomic mass is 16.4. The zero-order valence-electron chi connectivity index (χ0n) is 31.4. The molecule has 1 amide bonds. The molecule has 0 radical (unpaired) electrons. The summed E-state index contributed by atoms with van der Waals surface area (Å²) in [6.07, 6.45) is 9.68. The van der Waals surface area contributed by atoms with Crippen LogP contribution in [-0.2, 0) is 0 Å². The number of nitrogens with two attached hydrogens (primary N) is 2. The number of nitrogens with zero attached hydrogens (tertiary/aromatic N) is 9. The number of hydrogen-bond acceptors (Lipinski definition) is 13. The fraction of sp³-hybridized carbons (Fsp3) is 0.143. The zero-order chi connectivity index (χ0) is 41.0. The van der Waals surface area contributed by atoms with Gasteiger partial charge >= 0.3 is 5.97 Å². The smallest absolute Gasteiger partial charge is 0.354 e. The molecule has 0 saturated carbocycles. The first-order chi connectivity index (χ1) is 28.6. The number of β-amino-alcohol motifs (C(OH)–C–C–N with tert-alkyl or cyclic N) is 2. The Labute approximate surface area is 336 Å². The highest BCUT2D eigenvalue weighted by molar-refractivity contribution is 5.93. The lowest BCUT2D eigenvalue weighted by molar-refractivity contribution is 0.00550. The molecule has 2 aromatic carbocycles. The minimum absolute atomic E-state index is 0.0302. The molecule has 0 unspecified atom stereocenters. The van der Waals surface area contributed by atoms with E-state index in [2.05, 4.69) is 35.5 Å². The van der Waals surface area contributed by atoms with Crippen LogP contribution < -0.4 is 16.8 Å². The molecule has 2 aliphatic heterocycles. The molecule has 8 N–H and O–H groups in total. The van der Waals surface area contributed by atoms with Crippen LogP contribution >= 0.6 is 0 Å². The number of nitrogens with one attached hydrogen (secondary N) is 1. The lowest BCUT2D eigenvalue weighted by Crippen LogP contribution is -2.53. The number of anilines is 2. The van der Waals surface area contributed by atoms with E-state index in [0.29, 0.717) is 41.8 Å². The minimum atomic E-state index is -1.08. The first-order valence-electron chi connectivity index (χ1n) is 18.5. The van der Waals surface area contributed by atoms with Crippen LogP contribution in [0.5, 0.6) is 0 Å². The van der Waals surface area contributed by atoms with Crippen molar-refractivity contribution in [2.75, 3.05) is 37.6 Å². The van der Waals surface area contributed by atoms with Gasteiger partial charge in [0.1, 0.15) is 5.69 Å². The van der Waals surface area contributed by atoms with Gasteiger partial charge in [0.15, 0.2) is 17.3 Å². The second-order valence-electron chi connectivity index (χ2n) is 13.9. The maximum atomic E-state index is 12.5. The fourth-order valence-corrected chi connectivity index (χ4v) is 6.37. The molecule has 0 aliphatic carbocycles. The Morgan fingerprint density at radius 2 is 1.10 bits per heavy atom. The number of aliphatic hydroxyl groups excluding tert-OH is 2. The van der Waals surface area contributed by atoms with Gasteiger partial charge in [-0.25, -0.2) is 24.1 Å². The average molecular weight is 791 g/mol. The quantitative estimate of drug-likeness (QED) is 0.141. The number of benzene rings is 2. The molecular weight excluding hydrogens is 753 g/mol. The normalized spacial score (nSPS) is 13.8. The number of fused-ring (bicyclic) bond motifs is 2. The number of carboxylic acid groups (broad SMARTS) is 1. The summed E-state index contributed by atoms with van der Waals surface area (Å²) in [5.74, 6) is -0.280. The maximum absolute atomic E-state index is 12.5. The van der Waals surface area contributed by atoms with Crippen LogP contribution in [0, 0.1) is 0 Å². The summed E-state index contributed by atoms with van der Waals surface area (Å²) in [4.78, 5) is 42.2. The number of pyridine rings is 4. The number of aromatic carboxylic acids is 1. The largest absolute Gasteiger partial charge is 0.477 e. The monoisotopic (exact) mass is 790 g/mol. The van der Waals surface area contributed by atoms with E-state index in [1.165, 1.54) is 6.07 Å². The predicted molar refractivity (Wildman–Crippen MR) is 221 cm³/mol. The number of rotatable bonds is 6. The molecular formula is C42H38N12O5. The molecule has 296 valence electrons. The van der Waals surface area contributed by atoms with E-state index in [1.54, 1.807) is 75.7 Å². The number of aromatic nitrogens is 8. The Morgan fingerprint density at radius 3 is 1.54 bits per heavy atom. The summed E-state index contributed by atoms with van der Waals surface area (Å²) in [6, 6.07) is 25.6. The zero-order valence-corrected chi connectivity index (χ0v) is 31.4. The van der Waals surface area contributed by atoms with Crippen LogP contribution in [-0.4, -0.2) is 110 Å². The molecule has 10 rings (SSSR count). The van der Waals surface area contributed by atoms with E-state index < -0.39 is 12.1 Å². The van der Waals surface area contributed by atoms with Crippen molar-refractivity contribution in [2.24, 2.45) is 0 Å². The molecule has 6 aromatic heterocycles. The molecule has 8 aromatic rings. The molecule has 0 atom stereocenters. The third-order valence-electron chi connectivity index (χ3n) is 9.58. The second kappa shape index (κ2) is 16.5. The highest BCUT2D eigenvalue weighted by Crippen LogP contribution is 2.28. The Balaban J connectivity index is 0.000000148. The fourth-order valence-electron chi connectivity index (χ4n) is 6.37. The van der Waals surface area contributed by atoms with Crippen molar-refractivity contribution in [3.8, 4) is 33.9 Å². The standard InChI is InChI=1S/C21H18N6O2.C18H13N5O2.C3H7NO/c22-16-6-15(8-23-10-16)13-4-5-14-9-24-27(19(14)7-13)20-3-1-2-18(25-20)21(29)26-11-17(28)12-26;19-14-6-13(8-20-10-14)11-4-5-12-9-21-23(16(12)7-11)17-3-1-2-15(22-17)18(24)25;5-3-1-4-2-3/h1-10,17,28H,11-12,22H2;1-10H,19H2,(H,24,25);3-5H,1-2H2. The van der Waals surface area contributed by atoms with Crippen molar-refractivity contribution in [2.45, 2.75) is 12.2 Å². The van der Waals surface area contributed by atoms with Crippen molar-refractivity contribution < 1.29 is 24.9 Å². The third-order valence-corrected chi connectivity index (χ3v) is 9.58. The molecule has 2 saturated heterocycles. The molecule has 8 heterocycles. The summed E-state index contributed by atoms with van der Waals surface area (Å²) in [6.45, 7) is 2.26. The van der Waals surface area contributed by atoms with E-state index in [-0.39, 0.29) is 17.7 Å². The summed E-state index contributed by atoms with van der Waals surface area (Å²) in [7, 11) is 0. The Hall–Kier alpha value is -7.60. The summed E-state index contributed by atoms with van der Waals surface area (Å²) in [5, 5.41) is 40.5. The molecule has 17 heteroatoms. The van der Waals surface area contributed by atoms with Crippen molar-refractivity contribution >= 4 is 45.1 Å². The summed E-state index contributed by atoms with van der Waals surface area (Å²) in [5.41, 5.74) is 18.5. The van der Waals surface area contributed by atoms with Gasteiger partial charge in [-0.05, 0) is 59.7 Å². The van der Waals surface area contributed by atoms with Gasteiger partial charge in [0, 0.05) is 72.9 Å². The van der Waals surface area contributed by atoms with Gasteiger partial charge in [-0.15, -0.1) is 0 Å². The van der Waals surface area contributed by atoms with Gasteiger partial charge in [-0.3, -0.25) is 14.8 Å². The van der Waals surface area contributed by atoms with Gasteiger partial charge in [-0.1, -0.05) is 36.4 Å². The lowest BCUT2D eigenvalue weighted by atomic mass is 10.1. The van der Waals surface area contributed by atoms with Crippen LogP contribution in [0.2, 0.25) is 0 Å². The van der Waals surface area contributed by atoms with Crippen LogP contribution in [0.25, 0.3) is 55.7 Å². The van der Waals surface area contributed by atoms with Crippen LogP contribution in [0.3, 0.4) is 0 Å². The summed E-state index contributed by atoms with van der Waals surface area (Å²) < 4.78 is 3.32. The maximum Gasteiger partial charge on any atom is 0.354 e. The molecule has 59 heavy (non-hydrogen) atoms. The lowest BCUT2D eigenvalue weighted by Gasteiger charge is -2.35. The summed E-state index contributed by atoms with van der Waals surface area (Å²) >= 11 is 0. The van der Waals surface area contributed by atoms with Crippen molar-refractivity contribution in [3.05, 3.63) is 133 Å². The molecule has 0 spiro atoms. The number of amides is 1. The van der Waals surface area contributed by atoms with E-state index in [0.717, 1.165) is 57.1 Å². The van der Waals surface area contributed by atoms with Crippen LogP contribution in [0.15, 0.2) is 122 Å². The Kier molecular flexibility index (Phi) is 10.7. The van der Waals surface area contributed by atoms with Gasteiger partial charge in [0.05, 0.1) is 47.0 Å². The van der Waals surface area contributed by atoms with Gasteiger partial charge < -0.3 is 37.0 Å². The average Bonchev–Trinajstić information content (AvgIpc) is 3.86. The predicted octanol–water partition coefficient (Wildman–Crippen LogP) is 3.59. The minimum Gasteiger partial charge on any atom is -0.477 e. The Bertz CT molecular complexity index is 2810. The molecule has 2 aliphatic rings. The highest BCUT2D eigenvalue weighted by Gasteiger charge is 2.30. The SMILES string of the molecule is Nc1cncc(-c2ccc3cnn(-c4cccc(C(=O)N5CC(O)C5)n4)c3c2)c1.Nc1cncc(-c2ccc3cnn(-c4cccc(C(=O)O)n4)c3c2)c1.OC1CNC1. The first-order valence-corrected chi connectivity index (χ1v) is 18.5. The number of carboxylic acids is 1. The second-order valence-corrected chi connectivity index (χ2v) is 13.9. The number of likely N-dealkylation sites (tertiary alicyclic amines) is 1. The van der Waals surface area contributed by atoms with Gasteiger partial charge in [0.25, 0.3) is 5.91 Å². The third kappa shape index (κ3) is 8.42. The topological polar surface area (TPSA) is 249 Å². The van der Waals surface area contributed by atoms with E-state index in [1.807, 2.05) is 54.6 Å². The molecule has 0 bridgehead atoms. The first kappa shape index (κ1) is 38.3.